The highest BCUT2D eigenvalue weighted by atomic mass is 19.2. The molecule has 2 aromatic carbocycles. The van der Waals surface area contributed by atoms with Gasteiger partial charge in [0, 0.05) is 0 Å². The summed E-state index contributed by atoms with van der Waals surface area (Å²) in [4.78, 5) is 0. The van der Waals surface area contributed by atoms with Gasteiger partial charge < -0.3 is 9.47 Å². The summed E-state index contributed by atoms with van der Waals surface area (Å²) in [6.45, 7) is 0.183. The van der Waals surface area contributed by atoms with Crippen molar-refractivity contribution in [2.24, 2.45) is 5.73 Å². The Kier molecular flexibility index (Phi) is 6.98. The first-order chi connectivity index (χ1) is 12.8. The number of rotatable bonds is 9. The molecule has 0 aliphatic rings. The van der Waals surface area contributed by atoms with E-state index >= 15 is 0 Å². The molecule has 4 N–H and O–H groups in total. The summed E-state index contributed by atoms with van der Waals surface area (Å²) < 4.78 is 76.0. The minimum atomic E-state index is -2.21. The largest absolute Gasteiger partial charge is 0.494 e. The highest BCUT2D eigenvalue weighted by Gasteiger charge is 2.26. The van der Waals surface area contributed by atoms with E-state index in [1.807, 2.05) is 0 Å². The minimum absolute atomic E-state index is 0.196. The van der Waals surface area contributed by atoms with Gasteiger partial charge in [-0.15, -0.1) is 0 Å². The number of halogens is 5. The van der Waals surface area contributed by atoms with Crippen molar-refractivity contribution >= 4 is 5.84 Å². The fraction of sp³-hybridized carbons (Fsp3) is 0.278. The van der Waals surface area contributed by atoms with Crippen LogP contribution in [0.1, 0.15) is 24.8 Å². The van der Waals surface area contributed by atoms with Crippen LogP contribution in [0, 0.1) is 29.1 Å². The first-order valence-corrected chi connectivity index (χ1v) is 8.08. The lowest BCUT2D eigenvalue weighted by Gasteiger charge is -2.10. The third-order valence-corrected chi connectivity index (χ3v) is 3.66. The SMILES string of the molecule is NC(=[NH2+])c1ccc(OCCCCCOc2c(F)c(F)c(F)c(F)c2F)cc1. The summed E-state index contributed by atoms with van der Waals surface area (Å²) in [5.41, 5.74) is 6.14. The van der Waals surface area contributed by atoms with Crippen LogP contribution in [0.25, 0.3) is 0 Å². The number of ether oxygens (including phenoxy) is 2. The molecule has 0 heterocycles. The second-order valence-electron chi connectivity index (χ2n) is 5.64. The van der Waals surface area contributed by atoms with Crippen LogP contribution < -0.4 is 20.6 Å². The van der Waals surface area contributed by atoms with E-state index in [0.717, 1.165) is 0 Å². The van der Waals surface area contributed by atoms with Gasteiger partial charge in [0.15, 0.2) is 5.75 Å². The van der Waals surface area contributed by atoms with Crippen LogP contribution in [0.2, 0.25) is 0 Å². The zero-order chi connectivity index (χ0) is 20.0. The molecule has 0 bridgehead atoms. The van der Waals surface area contributed by atoms with Gasteiger partial charge in [-0.05, 0) is 43.5 Å². The molecular formula is C18H18F5N2O2+. The Morgan fingerprint density at radius 3 is 1.74 bits per heavy atom. The number of benzene rings is 2. The molecule has 0 fully saturated rings. The standard InChI is InChI=1S/C18H17F5N2O2/c19-12-13(20)15(22)17(16(23)14(12)21)27-9-3-1-2-8-26-11-6-4-10(5-7-11)18(24)25/h4-7H,1-3,8-9H2,(H3,24,25)/p+1. The molecule has 9 heteroatoms. The normalized spacial score (nSPS) is 10.7. The summed E-state index contributed by atoms with van der Waals surface area (Å²) in [6.07, 6.45) is 1.52. The minimum Gasteiger partial charge on any atom is -0.494 e. The van der Waals surface area contributed by atoms with Gasteiger partial charge >= 0.3 is 0 Å². The number of hydrogen-bond acceptors (Lipinski definition) is 2. The number of nitrogens with two attached hydrogens (primary N) is 2. The summed E-state index contributed by atoms with van der Waals surface area (Å²) in [5, 5.41) is 5.45. The van der Waals surface area contributed by atoms with E-state index in [1.54, 1.807) is 24.3 Å². The maximum Gasteiger partial charge on any atom is 0.270 e. The summed E-state index contributed by atoms with van der Waals surface area (Å²) in [5.74, 6) is -10.7. The molecule has 0 spiro atoms. The molecule has 0 aliphatic carbocycles. The fourth-order valence-electron chi connectivity index (χ4n) is 2.20. The van der Waals surface area contributed by atoms with E-state index in [-0.39, 0.29) is 12.4 Å². The van der Waals surface area contributed by atoms with E-state index in [0.29, 0.717) is 37.2 Å². The Morgan fingerprint density at radius 1 is 0.741 bits per heavy atom. The van der Waals surface area contributed by atoms with Gasteiger partial charge in [-0.2, -0.15) is 8.78 Å². The number of unbranched alkanes of at least 4 members (excludes halogenated alkanes) is 2. The van der Waals surface area contributed by atoms with Gasteiger partial charge in [0.25, 0.3) is 5.84 Å². The average Bonchev–Trinajstić information content (AvgIpc) is 2.66. The third-order valence-electron chi connectivity index (χ3n) is 3.66. The van der Waals surface area contributed by atoms with Crippen LogP contribution >= 0.6 is 0 Å². The van der Waals surface area contributed by atoms with E-state index in [1.165, 1.54) is 0 Å². The lowest BCUT2D eigenvalue weighted by molar-refractivity contribution is -0.114. The lowest BCUT2D eigenvalue weighted by atomic mass is 10.2. The molecule has 4 nitrogen and oxygen atoms in total. The maximum atomic E-state index is 13.4. The second kappa shape index (κ2) is 9.20. The molecule has 27 heavy (non-hydrogen) atoms. The van der Waals surface area contributed by atoms with Crippen LogP contribution in [0.15, 0.2) is 24.3 Å². The summed E-state index contributed by atoms with van der Waals surface area (Å²) in [6, 6.07) is 6.84. The van der Waals surface area contributed by atoms with Crippen molar-refractivity contribution in [2.75, 3.05) is 13.2 Å². The fourth-order valence-corrected chi connectivity index (χ4v) is 2.20. The van der Waals surface area contributed by atoms with Crippen LogP contribution in [0.4, 0.5) is 22.0 Å². The van der Waals surface area contributed by atoms with Gasteiger partial charge in [-0.3, -0.25) is 11.1 Å². The quantitative estimate of drug-likeness (QED) is 0.173. The Labute approximate surface area is 152 Å². The second-order valence-corrected chi connectivity index (χ2v) is 5.64. The first kappa shape index (κ1) is 20.5. The van der Waals surface area contributed by atoms with E-state index in [2.05, 4.69) is 0 Å². The van der Waals surface area contributed by atoms with E-state index in [9.17, 15) is 22.0 Å². The van der Waals surface area contributed by atoms with Gasteiger partial charge in [0.2, 0.25) is 29.1 Å². The molecule has 0 aliphatic heterocycles. The van der Waals surface area contributed by atoms with Crippen LogP contribution in [0.3, 0.4) is 0 Å². The van der Waals surface area contributed by atoms with Crippen molar-refractivity contribution in [3.63, 3.8) is 0 Å². The van der Waals surface area contributed by atoms with Crippen molar-refractivity contribution in [3.05, 3.63) is 58.9 Å². The number of hydrogen-bond donors (Lipinski definition) is 2. The van der Waals surface area contributed by atoms with Crippen molar-refractivity contribution in [1.82, 2.24) is 0 Å². The Balaban J connectivity index is 1.72. The number of amidine groups is 1. The predicted molar refractivity (Wildman–Crippen MR) is 87.7 cm³/mol. The van der Waals surface area contributed by atoms with E-state index in [4.69, 9.17) is 20.6 Å². The lowest BCUT2D eigenvalue weighted by Crippen LogP contribution is -2.46. The zero-order valence-electron chi connectivity index (χ0n) is 14.2. The topological polar surface area (TPSA) is 70.1 Å². The molecule has 0 aromatic heterocycles. The van der Waals surface area contributed by atoms with Gasteiger partial charge in [-0.25, -0.2) is 13.2 Å². The van der Waals surface area contributed by atoms with Crippen LogP contribution in [0.5, 0.6) is 11.5 Å². The van der Waals surface area contributed by atoms with Crippen LogP contribution in [-0.2, 0) is 0 Å². The molecule has 0 atom stereocenters. The summed E-state index contributed by atoms with van der Waals surface area (Å²) >= 11 is 0. The zero-order valence-corrected chi connectivity index (χ0v) is 14.2. The Hall–Kier alpha value is -2.84. The van der Waals surface area contributed by atoms with Crippen molar-refractivity contribution in [3.8, 4) is 11.5 Å². The van der Waals surface area contributed by atoms with Crippen LogP contribution in [-0.4, -0.2) is 19.0 Å². The molecule has 2 aromatic rings. The highest BCUT2D eigenvalue weighted by molar-refractivity contribution is 5.92. The predicted octanol–water partition coefficient (Wildman–Crippen LogP) is 2.47. The molecule has 0 unspecified atom stereocenters. The third kappa shape index (κ3) is 5.08. The monoisotopic (exact) mass is 389 g/mol. The van der Waals surface area contributed by atoms with Gasteiger partial charge in [0.1, 0.15) is 5.75 Å². The Bertz CT molecular complexity index is 783. The molecule has 2 rings (SSSR count). The smallest absolute Gasteiger partial charge is 0.270 e. The highest BCUT2D eigenvalue weighted by Crippen LogP contribution is 2.29. The van der Waals surface area contributed by atoms with Crippen molar-refractivity contribution < 1.29 is 36.8 Å². The molecule has 0 radical (unpaired) electrons. The Morgan fingerprint density at radius 2 is 1.22 bits per heavy atom. The first-order valence-electron chi connectivity index (χ1n) is 8.08. The molecular weight excluding hydrogens is 371 g/mol. The molecule has 0 amide bonds. The van der Waals surface area contributed by atoms with Gasteiger partial charge in [0.05, 0.1) is 18.8 Å². The van der Waals surface area contributed by atoms with Crippen molar-refractivity contribution in [2.45, 2.75) is 19.3 Å². The van der Waals surface area contributed by atoms with Crippen molar-refractivity contribution in [1.29, 1.82) is 0 Å². The molecule has 0 saturated carbocycles. The molecule has 0 saturated heterocycles. The van der Waals surface area contributed by atoms with E-state index < -0.39 is 34.8 Å². The summed E-state index contributed by atoms with van der Waals surface area (Å²) in [7, 11) is 0. The van der Waals surface area contributed by atoms with Gasteiger partial charge in [-0.1, -0.05) is 0 Å². The molecule has 146 valence electrons. The maximum absolute atomic E-state index is 13.4. The average molecular weight is 389 g/mol.